The molecule has 240 valence electrons. The minimum Gasteiger partial charge on any atom is -0.490 e. The molecule has 0 bridgehead atoms. The van der Waals surface area contributed by atoms with Crippen LogP contribution in [-0.2, 0) is 15.1 Å². The van der Waals surface area contributed by atoms with Crippen molar-refractivity contribution in [1.29, 1.82) is 0 Å². The first-order valence-electron chi connectivity index (χ1n) is 15.3. The zero-order chi connectivity index (χ0) is 31.6. The summed E-state index contributed by atoms with van der Waals surface area (Å²) in [5.74, 6) is 0.935. The van der Waals surface area contributed by atoms with Gasteiger partial charge in [-0.25, -0.2) is 23.9 Å². The van der Waals surface area contributed by atoms with E-state index in [1.807, 2.05) is 30.6 Å². The van der Waals surface area contributed by atoms with Crippen molar-refractivity contribution in [3.63, 3.8) is 0 Å². The number of alkyl carbamates (subject to hydrolysis) is 1. The van der Waals surface area contributed by atoms with E-state index in [0.29, 0.717) is 55.4 Å². The Hall–Kier alpha value is -4.49. The molecule has 3 aliphatic rings. The Labute approximate surface area is 260 Å². The van der Waals surface area contributed by atoms with Crippen molar-refractivity contribution in [2.45, 2.75) is 70.1 Å². The van der Waals surface area contributed by atoms with Gasteiger partial charge in [0.25, 0.3) is 0 Å². The molecule has 1 saturated carbocycles. The minimum atomic E-state index is -0.898. The van der Waals surface area contributed by atoms with E-state index in [1.165, 1.54) is 24.3 Å². The first kappa shape index (κ1) is 30.5. The van der Waals surface area contributed by atoms with E-state index in [0.717, 1.165) is 38.9 Å². The number of nitrogens with zero attached hydrogens (tertiary/aromatic N) is 6. The number of benzene rings is 1. The monoisotopic (exact) mass is 623 g/mol. The van der Waals surface area contributed by atoms with Crippen LogP contribution in [0.2, 0.25) is 0 Å². The number of hydrogen-bond acceptors (Lipinski definition) is 12. The highest BCUT2D eigenvalue weighted by Gasteiger charge is 2.53. The van der Waals surface area contributed by atoms with Crippen molar-refractivity contribution in [3.05, 3.63) is 53.9 Å². The average Bonchev–Trinajstić information content (AvgIpc) is 3.37. The van der Waals surface area contributed by atoms with Crippen LogP contribution in [0.3, 0.4) is 0 Å². The first-order valence-corrected chi connectivity index (χ1v) is 15.3. The fourth-order valence-corrected chi connectivity index (χ4v) is 5.42. The van der Waals surface area contributed by atoms with E-state index >= 15 is 0 Å². The van der Waals surface area contributed by atoms with Crippen molar-refractivity contribution in [2.75, 3.05) is 42.6 Å². The van der Waals surface area contributed by atoms with E-state index in [4.69, 9.17) is 18.7 Å². The Morgan fingerprint density at radius 1 is 1.04 bits per heavy atom. The Bertz CT molecular complexity index is 1480. The number of hydrogen-bond donors (Lipinski definition) is 1. The fourth-order valence-electron chi connectivity index (χ4n) is 5.42. The number of aromatic nitrogens is 4. The van der Waals surface area contributed by atoms with Crippen molar-refractivity contribution in [1.82, 2.24) is 25.4 Å². The van der Waals surface area contributed by atoms with Crippen molar-refractivity contribution < 1.29 is 32.7 Å². The standard InChI is InChI=1S/C31H38FN7O6/c1-30(2,3)44-29(41)35-23-10-15-39(18-23)27-33-16-24(17-34-27)42-19-20-8-13-38(14-9-20)28-36-26(37-45-28)31(11-12-31)43-25(40)21-4-6-22(32)7-5-21/h4-7,16-17,20,23H,8-15,18-19H2,1-3H3,(H,35,41). The third kappa shape index (κ3) is 7.60. The minimum absolute atomic E-state index is 0.0239. The van der Waals surface area contributed by atoms with Crippen LogP contribution in [0.4, 0.5) is 21.1 Å². The molecule has 3 aromatic rings. The second-order valence-electron chi connectivity index (χ2n) is 12.8. The molecule has 1 aliphatic carbocycles. The fraction of sp³-hybridized carbons (Fsp3) is 0.548. The van der Waals surface area contributed by atoms with Gasteiger partial charge in [-0.05, 0) is 83.1 Å². The number of nitrogens with one attached hydrogen (secondary N) is 1. The SMILES string of the molecule is CC(C)(C)OC(=O)NC1CCN(c2ncc(OCC3CCN(c4nc(C5(OC(=O)c6ccc(F)cc6)CC5)no4)CC3)cn2)C1. The van der Waals surface area contributed by atoms with Crippen LogP contribution in [-0.4, -0.2) is 76.6 Å². The average molecular weight is 624 g/mol. The second kappa shape index (κ2) is 12.5. The van der Waals surface area contributed by atoms with Gasteiger partial charge in [0.05, 0.1) is 30.6 Å². The molecule has 1 atom stereocenters. The van der Waals surface area contributed by atoms with E-state index in [2.05, 4.69) is 25.4 Å². The molecule has 0 radical (unpaired) electrons. The van der Waals surface area contributed by atoms with E-state index < -0.39 is 29.1 Å². The molecule has 1 aromatic carbocycles. The Morgan fingerprint density at radius 3 is 2.40 bits per heavy atom. The quantitative estimate of drug-likeness (QED) is 0.340. The molecule has 2 aromatic heterocycles. The Balaban J connectivity index is 0.931. The van der Waals surface area contributed by atoms with Crippen LogP contribution in [0.5, 0.6) is 5.75 Å². The number of ether oxygens (including phenoxy) is 3. The number of carbonyl (C=O) groups is 2. The molecule has 1 amide bonds. The summed E-state index contributed by atoms with van der Waals surface area (Å²) in [4.78, 5) is 42.2. The van der Waals surface area contributed by atoms with Gasteiger partial charge in [0.1, 0.15) is 11.4 Å². The smallest absolute Gasteiger partial charge is 0.407 e. The van der Waals surface area contributed by atoms with Gasteiger partial charge in [-0.15, -0.1) is 0 Å². The molecule has 45 heavy (non-hydrogen) atoms. The lowest BCUT2D eigenvalue weighted by Gasteiger charge is -2.30. The summed E-state index contributed by atoms with van der Waals surface area (Å²) in [5.41, 5.74) is -1.17. The van der Waals surface area contributed by atoms with Crippen molar-refractivity contribution >= 4 is 24.0 Å². The molecular formula is C31H38FN7O6. The van der Waals surface area contributed by atoms with Gasteiger partial charge >= 0.3 is 18.1 Å². The zero-order valence-corrected chi connectivity index (χ0v) is 25.7. The summed E-state index contributed by atoms with van der Waals surface area (Å²) >= 11 is 0. The number of rotatable bonds is 9. The molecule has 6 rings (SSSR count). The van der Waals surface area contributed by atoms with Crippen LogP contribution >= 0.6 is 0 Å². The first-order chi connectivity index (χ1) is 21.5. The van der Waals surface area contributed by atoms with E-state index in [1.54, 1.807) is 12.4 Å². The maximum absolute atomic E-state index is 13.2. The Kier molecular flexibility index (Phi) is 8.47. The molecule has 14 heteroatoms. The van der Waals surface area contributed by atoms with Crippen LogP contribution in [0, 0.1) is 11.7 Å². The van der Waals surface area contributed by atoms with Crippen LogP contribution in [0.15, 0.2) is 41.2 Å². The summed E-state index contributed by atoms with van der Waals surface area (Å²) in [6.07, 6.45) is 6.70. The highest BCUT2D eigenvalue weighted by Crippen LogP contribution is 2.49. The lowest BCUT2D eigenvalue weighted by Crippen LogP contribution is -2.40. The van der Waals surface area contributed by atoms with E-state index in [-0.39, 0.29) is 11.6 Å². The highest BCUT2D eigenvalue weighted by molar-refractivity contribution is 5.89. The predicted octanol–water partition coefficient (Wildman–Crippen LogP) is 4.24. The summed E-state index contributed by atoms with van der Waals surface area (Å²) in [7, 11) is 0. The number of piperidine rings is 1. The van der Waals surface area contributed by atoms with Gasteiger partial charge in [-0.2, -0.15) is 4.98 Å². The predicted molar refractivity (Wildman–Crippen MR) is 159 cm³/mol. The number of halogens is 1. The summed E-state index contributed by atoms with van der Waals surface area (Å²) in [5, 5.41) is 7.03. The molecule has 1 N–H and O–H groups in total. The van der Waals surface area contributed by atoms with Gasteiger partial charge < -0.3 is 33.9 Å². The number of carbonyl (C=O) groups excluding carboxylic acids is 2. The number of amides is 1. The highest BCUT2D eigenvalue weighted by atomic mass is 19.1. The Morgan fingerprint density at radius 2 is 1.73 bits per heavy atom. The lowest BCUT2D eigenvalue weighted by molar-refractivity contribution is 0.0183. The second-order valence-corrected chi connectivity index (χ2v) is 12.8. The summed E-state index contributed by atoms with van der Waals surface area (Å²) < 4.78 is 35.8. The van der Waals surface area contributed by atoms with Crippen LogP contribution in [0.1, 0.15) is 69.1 Å². The molecule has 0 spiro atoms. The van der Waals surface area contributed by atoms with E-state index in [9.17, 15) is 14.0 Å². The van der Waals surface area contributed by atoms with Crippen LogP contribution in [0.25, 0.3) is 0 Å². The summed E-state index contributed by atoms with van der Waals surface area (Å²) in [6.45, 7) is 8.86. The molecular weight excluding hydrogens is 585 g/mol. The van der Waals surface area contributed by atoms with Gasteiger partial charge in [0.2, 0.25) is 11.8 Å². The van der Waals surface area contributed by atoms with Gasteiger partial charge in [-0.1, -0.05) is 5.16 Å². The molecule has 2 aliphatic heterocycles. The van der Waals surface area contributed by atoms with Gasteiger partial charge in [0, 0.05) is 26.2 Å². The normalized spacial score (nSPS) is 19.7. The largest absolute Gasteiger partial charge is 0.490 e. The number of esters is 1. The number of anilines is 2. The van der Waals surface area contributed by atoms with Crippen molar-refractivity contribution in [2.24, 2.45) is 5.92 Å². The molecule has 1 unspecified atom stereocenters. The van der Waals surface area contributed by atoms with Crippen LogP contribution < -0.4 is 19.9 Å². The molecule has 3 fully saturated rings. The third-order valence-electron chi connectivity index (χ3n) is 8.07. The third-order valence-corrected chi connectivity index (χ3v) is 8.07. The topological polar surface area (TPSA) is 145 Å². The maximum Gasteiger partial charge on any atom is 0.407 e. The maximum atomic E-state index is 13.2. The lowest BCUT2D eigenvalue weighted by atomic mass is 9.98. The zero-order valence-electron chi connectivity index (χ0n) is 25.7. The molecule has 4 heterocycles. The molecule has 13 nitrogen and oxygen atoms in total. The van der Waals surface area contributed by atoms with Gasteiger partial charge in [0.15, 0.2) is 11.4 Å². The molecule has 2 saturated heterocycles. The van der Waals surface area contributed by atoms with Crippen molar-refractivity contribution in [3.8, 4) is 5.75 Å². The van der Waals surface area contributed by atoms with Gasteiger partial charge in [-0.3, -0.25) is 0 Å². The summed E-state index contributed by atoms with van der Waals surface area (Å²) in [6, 6.07) is 5.61.